The van der Waals surface area contributed by atoms with Gasteiger partial charge in [-0.1, -0.05) is 30.3 Å². The summed E-state index contributed by atoms with van der Waals surface area (Å²) in [4.78, 5) is 26.3. The third-order valence-electron chi connectivity index (χ3n) is 5.18. The van der Waals surface area contributed by atoms with Crippen LogP contribution in [0.25, 0.3) is 0 Å². The van der Waals surface area contributed by atoms with Crippen molar-refractivity contribution >= 4 is 23.2 Å². The molecule has 2 aromatic carbocycles. The van der Waals surface area contributed by atoms with E-state index in [0.29, 0.717) is 13.0 Å². The second kappa shape index (κ2) is 7.20. The van der Waals surface area contributed by atoms with Crippen molar-refractivity contribution in [2.75, 3.05) is 23.3 Å². The summed E-state index contributed by atoms with van der Waals surface area (Å²) in [5.41, 5.74) is 3.03. The molecule has 2 fully saturated rings. The number of rotatable bonds is 4. The van der Waals surface area contributed by atoms with Crippen molar-refractivity contribution in [1.29, 1.82) is 0 Å². The Kier molecular flexibility index (Phi) is 4.61. The average Bonchev–Trinajstić information content (AvgIpc) is 3.11. The van der Waals surface area contributed by atoms with Crippen LogP contribution in [0.5, 0.6) is 0 Å². The van der Waals surface area contributed by atoms with Crippen molar-refractivity contribution in [2.45, 2.75) is 31.2 Å². The van der Waals surface area contributed by atoms with E-state index in [2.05, 4.69) is 22.8 Å². The zero-order chi connectivity index (χ0) is 17.9. The third kappa shape index (κ3) is 3.43. The van der Waals surface area contributed by atoms with Gasteiger partial charge in [0.25, 0.3) is 0 Å². The van der Waals surface area contributed by atoms with Gasteiger partial charge in [-0.25, -0.2) is 0 Å². The van der Waals surface area contributed by atoms with Crippen LogP contribution in [-0.2, 0) is 9.59 Å². The highest BCUT2D eigenvalue weighted by Gasteiger charge is 2.30. The van der Waals surface area contributed by atoms with Crippen LogP contribution in [0.1, 0.15) is 30.7 Å². The van der Waals surface area contributed by atoms with Gasteiger partial charge < -0.3 is 15.5 Å². The summed E-state index contributed by atoms with van der Waals surface area (Å²) in [7, 11) is 0. The fraction of sp³-hybridized carbons (Fsp3) is 0.333. The van der Waals surface area contributed by atoms with Crippen molar-refractivity contribution in [3.05, 3.63) is 60.2 Å². The first-order valence-corrected chi connectivity index (χ1v) is 9.20. The highest BCUT2D eigenvalue weighted by atomic mass is 16.2. The summed E-state index contributed by atoms with van der Waals surface area (Å²) in [5, 5.41) is 6.29. The highest BCUT2D eigenvalue weighted by molar-refractivity contribution is 5.99. The first-order chi connectivity index (χ1) is 12.7. The Hall–Kier alpha value is -2.82. The van der Waals surface area contributed by atoms with Crippen molar-refractivity contribution in [3.63, 3.8) is 0 Å². The van der Waals surface area contributed by atoms with Crippen LogP contribution in [0.3, 0.4) is 0 Å². The van der Waals surface area contributed by atoms with E-state index in [4.69, 9.17) is 0 Å². The predicted molar refractivity (Wildman–Crippen MR) is 102 cm³/mol. The summed E-state index contributed by atoms with van der Waals surface area (Å²) in [5.74, 6) is 0.437. The van der Waals surface area contributed by atoms with Gasteiger partial charge >= 0.3 is 0 Å². The average molecular weight is 349 g/mol. The lowest BCUT2D eigenvalue weighted by atomic mass is 9.97. The maximum Gasteiger partial charge on any atom is 0.249 e. The maximum absolute atomic E-state index is 12.9. The van der Waals surface area contributed by atoms with Crippen LogP contribution < -0.4 is 15.5 Å². The van der Waals surface area contributed by atoms with Crippen LogP contribution in [0.2, 0.25) is 0 Å². The number of benzene rings is 2. The molecule has 2 aromatic rings. The summed E-state index contributed by atoms with van der Waals surface area (Å²) >= 11 is 0. The Morgan fingerprint density at radius 3 is 2.65 bits per heavy atom. The van der Waals surface area contributed by atoms with Gasteiger partial charge in [0.2, 0.25) is 11.8 Å². The minimum atomic E-state index is -0.220. The predicted octanol–water partition coefficient (Wildman–Crippen LogP) is 2.90. The molecular weight excluding hydrogens is 326 g/mol. The van der Waals surface area contributed by atoms with Crippen molar-refractivity contribution in [2.24, 2.45) is 0 Å². The van der Waals surface area contributed by atoms with E-state index < -0.39 is 0 Å². The van der Waals surface area contributed by atoms with Crippen LogP contribution in [-0.4, -0.2) is 30.9 Å². The first kappa shape index (κ1) is 16.6. The molecule has 2 saturated heterocycles. The molecule has 0 aromatic heterocycles. The normalized spacial score (nSPS) is 23.0. The van der Waals surface area contributed by atoms with Gasteiger partial charge in [-0.15, -0.1) is 0 Å². The van der Waals surface area contributed by atoms with E-state index in [1.54, 1.807) is 0 Å². The van der Waals surface area contributed by atoms with E-state index >= 15 is 0 Å². The number of carbonyl (C=O) groups is 2. The molecule has 2 amide bonds. The number of amides is 2. The van der Waals surface area contributed by atoms with Crippen molar-refractivity contribution in [3.8, 4) is 0 Å². The molecule has 4 rings (SSSR count). The van der Waals surface area contributed by atoms with Crippen molar-refractivity contribution in [1.82, 2.24) is 5.32 Å². The number of carbonyl (C=O) groups excluding carboxylic acids is 2. The zero-order valence-electron chi connectivity index (χ0n) is 14.7. The Labute approximate surface area is 153 Å². The van der Waals surface area contributed by atoms with Gasteiger partial charge in [0.15, 0.2) is 0 Å². The standard InChI is InChI=1S/C21H23N3O2/c25-20-13-16(14-22-20)15-6-4-7-17(12-15)23-19-10-5-11-24(21(19)26)18-8-2-1-3-9-18/h1-4,6-9,12,16,19,23H,5,10-11,13-14H2,(H,22,25). The summed E-state index contributed by atoms with van der Waals surface area (Å²) in [6, 6.07) is 17.7. The molecule has 2 atom stereocenters. The zero-order valence-corrected chi connectivity index (χ0v) is 14.7. The number of nitrogens with one attached hydrogen (secondary N) is 2. The van der Waals surface area contributed by atoms with Gasteiger partial charge in [-0.05, 0) is 42.7 Å². The minimum absolute atomic E-state index is 0.106. The molecule has 26 heavy (non-hydrogen) atoms. The number of hydrogen-bond acceptors (Lipinski definition) is 3. The monoisotopic (exact) mass is 349 g/mol. The molecule has 5 nitrogen and oxygen atoms in total. The van der Waals surface area contributed by atoms with E-state index in [-0.39, 0.29) is 23.8 Å². The van der Waals surface area contributed by atoms with Gasteiger partial charge in [0, 0.05) is 36.8 Å². The lowest BCUT2D eigenvalue weighted by Gasteiger charge is -2.33. The van der Waals surface area contributed by atoms with Crippen LogP contribution in [0.4, 0.5) is 11.4 Å². The topological polar surface area (TPSA) is 61.4 Å². The number of nitrogens with zero attached hydrogens (tertiary/aromatic N) is 1. The molecule has 2 N–H and O–H groups in total. The number of para-hydroxylation sites is 1. The lowest BCUT2D eigenvalue weighted by Crippen LogP contribution is -2.47. The Morgan fingerprint density at radius 2 is 1.88 bits per heavy atom. The Balaban J connectivity index is 1.48. The van der Waals surface area contributed by atoms with Crippen molar-refractivity contribution < 1.29 is 9.59 Å². The molecule has 0 spiro atoms. The fourth-order valence-corrected chi connectivity index (χ4v) is 3.80. The molecule has 2 aliphatic rings. The van der Waals surface area contributed by atoms with E-state index in [1.807, 2.05) is 47.4 Å². The summed E-state index contributed by atoms with van der Waals surface area (Å²) < 4.78 is 0. The fourth-order valence-electron chi connectivity index (χ4n) is 3.80. The molecule has 0 saturated carbocycles. The second-order valence-corrected chi connectivity index (χ2v) is 7.00. The van der Waals surface area contributed by atoms with Crippen LogP contribution in [0, 0.1) is 0 Å². The summed E-state index contributed by atoms with van der Waals surface area (Å²) in [6.45, 7) is 1.45. The third-order valence-corrected chi connectivity index (χ3v) is 5.18. The molecule has 2 aliphatic heterocycles. The molecule has 5 heteroatoms. The Morgan fingerprint density at radius 1 is 1.04 bits per heavy atom. The molecule has 2 unspecified atom stereocenters. The number of hydrogen-bond donors (Lipinski definition) is 2. The Bertz CT molecular complexity index is 806. The lowest BCUT2D eigenvalue weighted by molar-refractivity contribution is -0.120. The highest BCUT2D eigenvalue weighted by Crippen LogP contribution is 2.27. The SMILES string of the molecule is O=C1CC(c2cccc(NC3CCCN(c4ccccc4)C3=O)c2)CN1. The van der Waals surface area contributed by atoms with Crippen LogP contribution in [0.15, 0.2) is 54.6 Å². The molecule has 0 radical (unpaired) electrons. The van der Waals surface area contributed by atoms with Gasteiger partial charge in [-0.2, -0.15) is 0 Å². The smallest absolute Gasteiger partial charge is 0.249 e. The van der Waals surface area contributed by atoms with Gasteiger partial charge in [0.05, 0.1) is 0 Å². The molecular formula is C21H23N3O2. The van der Waals surface area contributed by atoms with E-state index in [0.717, 1.165) is 36.3 Å². The maximum atomic E-state index is 12.9. The van der Waals surface area contributed by atoms with Crippen LogP contribution >= 0.6 is 0 Å². The molecule has 134 valence electrons. The van der Waals surface area contributed by atoms with Gasteiger partial charge in [0.1, 0.15) is 6.04 Å². The molecule has 2 heterocycles. The number of anilines is 2. The number of piperidine rings is 1. The largest absolute Gasteiger partial charge is 0.374 e. The molecule has 0 aliphatic carbocycles. The van der Waals surface area contributed by atoms with E-state index in [9.17, 15) is 9.59 Å². The van der Waals surface area contributed by atoms with Gasteiger partial charge in [-0.3, -0.25) is 9.59 Å². The summed E-state index contributed by atoms with van der Waals surface area (Å²) in [6.07, 6.45) is 2.34. The van der Waals surface area contributed by atoms with E-state index in [1.165, 1.54) is 0 Å². The second-order valence-electron chi connectivity index (χ2n) is 7.00. The minimum Gasteiger partial charge on any atom is -0.374 e. The first-order valence-electron chi connectivity index (χ1n) is 9.20. The quantitative estimate of drug-likeness (QED) is 0.892. The molecule has 0 bridgehead atoms.